The molecule has 3 aromatic rings. The van der Waals surface area contributed by atoms with Crippen LogP contribution in [0.4, 0.5) is 26.3 Å². The Labute approximate surface area is 289 Å². The number of aliphatic hydroxyl groups excluding tert-OH is 1. The molecule has 272 valence electrons. The summed E-state index contributed by atoms with van der Waals surface area (Å²) in [5.41, 5.74) is -3.81. The molecule has 2 unspecified atom stereocenters. The van der Waals surface area contributed by atoms with Crippen LogP contribution in [0.1, 0.15) is 83.9 Å². The maximum atomic E-state index is 14.8. The Morgan fingerprint density at radius 3 is 2.38 bits per heavy atom. The van der Waals surface area contributed by atoms with Crippen molar-refractivity contribution < 1.29 is 50.9 Å². The Balaban J connectivity index is 1.52. The Morgan fingerprint density at radius 1 is 1.02 bits per heavy atom. The third kappa shape index (κ3) is 7.64. The zero-order valence-corrected chi connectivity index (χ0v) is 28.2. The van der Waals surface area contributed by atoms with Crippen molar-refractivity contribution in [1.82, 2.24) is 14.8 Å². The number of halogens is 6. The van der Waals surface area contributed by atoms with E-state index in [2.05, 4.69) is 4.98 Å². The molecule has 0 aliphatic carbocycles. The molecule has 0 spiro atoms. The smallest absolute Gasteiger partial charge is 0.425 e. The van der Waals surface area contributed by atoms with Gasteiger partial charge in [0.25, 0.3) is 11.8 Å². The first kappa shape index (κ1) is 37.6. The van der Waals surface area contributed by atoms with Gasteiger partial charge in [-0.05, 0) is 61.8 Å². The molecule has 2 aliphatic rings. The molecular formula is C35H39F6N3O5S. The Bertz CT molecular complexity index is 1660. The molecule has 2 aromatic heterocycles. The van der Waals surface area contributed by atoms with Crippen molar-refractivity contribution in [3.05, 3.63) is 81.3 Å². The summed E-state index contributed by atoms with van der Waals surface area (Å²) in [6.07, 6.45) is -6.70. The van der Waals surface area contributed by atoms with Crippen LogP contribution >= 0.6 is 11.3 Å². The van der Waals surface area contributed by atoms with Crippen molar-refractivity contribution in [2.45, 2.75) is 87.9 Å². The van der Waals surface area contributed by atoms with E-state index >= 15 is 0 Å². The van der Waals surface area contributed by atoms with Crippen LogP contribution in [0.15, 0.2) is 54.0 Å². The lowest BCUT2D eigenvalue weighted by Crippen LogP contribution is -2.68. The molecule has 8 nitrogen and oxygen atoms in total. The van der Waals surface area contributed by atoms with Gasteiger partial charge >= 0.3 is 12.4 Å². The second-order valence-corrected chi connectivity index (χ2v) is 13.7. The number of amides is 2. The third-order valence-electron chi connectivity index (χ3n) is 9.52. The van der Waals surface area contributed by atoms with E-state index in [0.29, 0.717) is 36.2 Å². The number of piperidine rings is 2. The van der Waals surface area contributed by atoms with Crippen LogP contribution in [-0.2, 0) is 29.2 Å². The zero-order valence-electron chi connectivity index (χ0n) is 27.4. The van der Waals surface area contributed by atoms with E-state index in [9.17, 15) is 46.1 Å². The average Bonchev–Trinajstić information content (AvgIpc) is 3.57. The maximum Gasteiger partial charge on any atom is 0.425 e. The van der Waals surface area contributed by atoms with Crippen molar-refractivity contribution in [2.75, 3.05) is 26.2 Å². The molecule has 0 radical (unpaired) electrons. The molecule has 1 aromatic carbocycles. The number of carbonyl (C=O) groups excluding carboxylic acids is 2. The van der Waals surface area contributed by atoms with Crippen LogP contribution in [0.2, 0.25) is 0 Å². The van der Waals surface area contributed by atoms with Gasteiger partial charge in [0.15, 0.2) is 0 Å². The predicted octanol–water partition coefficient (Wildman–Crippen LogP) is 6.84. The van der Waals surface area contributed by atoms with E-state index in [4.69, 9.17) is 4.74 Å². The number of pyridine rings is 1. The Hall–Kier alpha value is -3.69. The molecule has 15 heteroatoms. The predicted molar refractivity (Wildman–Crippen MR) is 172 cm³/mol. The van der Waals surface area contributed by atoms with E-state index in [0.717, 1.165) is 40.2 Å². The fraction of sp³-hybridized carbons (Fsp3) is 0.514. The van der Waals surface area contributed by atoms with Gasteiger partial charge in [-0.2, -0.15) is 26.3 Å². The number of hydrogen-bond donors (Lipinski definition) is 2. The van der Waals surface area contributed by atoms with Crippen LogP contribution in [0.5, 0.6) is 5.75 Å². The third-order valence-corrected chi connectivity index (χ3v) is 10.5. The summed E-state index contributed by atoms with van der Waals surface area (Å²) < 4.78 is 89.1. The summed E-state index contributed by atoms with van der Waals surface area (Å²) >= 11 is 0.379. The van der Waals surface area contributed by atoms with Gasteiger partial charge in [-0.1, -0.05) is 37.6 Å². The van der Waals surface area contributed by atoms with E-state index < -0.39 is 57.5 Å². The van der Waals surface area contributed by atoms with Crippen molar-refractivity contribution in [1.29, 1.82) is 0 Å². The van der Waals surface area contributed by atoms with Crippen LogP contribution in [0.3, 0.4) is 0 Å². The van der Waals surface area contributed by atoms with E-state index in [1.54, 1.807) is 19.1 Å². The topological polar surface area (TPSA) is 103 Å². The number of thiophene rings is 1. The molecule has 2 N–H and O–H groups in total. The largest absolute Gasteiger partial charge is 0.474 e. The van der Waals surface area contributed by atoms with Gasteiger partial charge in [0, 0.05) is 50.3 Å². The van der Waals surface area contributed by atoms with E-state index in [-0.39, 0.29) is 64.1 Å². The Morgan fingerprint density at radius 2 is 1.74 bits per heavy atom. The van der Waals surface area contributed by atoms with Crippen LogP contribution in [0, 0.1) is 0 Å². The highest BCUT2D eigenvalue weighted by atomic mass is 32.1. The minimum atomic E-state index is -4.90. The zero-order chi connectivity index (χ0) is 36.3. The number of aryl methyl sites for hydroxylation is 1. The first-order chi connectivity index (χ1) is 23.6. The van der Waals surface area contributed by atoms with Crippen LogP contribution in [0.25, 0.3) is 0 Å². The van der Waals surface area contributed by atoms with Gasteiger partial charge in [0.05, 0.1) is 17.2 Å². The number of ether oxygens (including phenoxy) is 1. The van der Waals surface area contributed by atoms with Gasteiger partial charge in [-0.15, -0.1) is 11.3 Å². The van der Waals surface area contributed by atoms with Crippen LogP contribution < -0.4 is 4.74 Å². The number of carbonyl (C=O) groups is 2. The number of aliphatic hydroxyl groups is 2. The first-order valence-electron chi connectivity index (χ1n) is 16.5. The summed E-state index contributed by atoms with van der Waals surface area (Å²) in [5.74, 6) is -1.93. The van der Waals surface area contributed by atoms with Crippen molar-refractivity contribution in [3.8, 4) is 5.75 Å². The normalized spacial score (nSPS) is 21.3. The molecule has 2 atom stereocenters. The van der Waals surface area contributed by atoms with Crippen molar-refractivity contribution >= 4 is 23.2 Å². The average molecular weight is 728 g/mol. The number of alkyl halides is 6. The fourth-order valence-electron chi connectivity index (χ4n) is 7.15. The number of hydrogen-bond acceptors (Lipinski definition) is 7. The van der Waals surface area contributed by atoms with Gasteiger partial charge in [-0.3, -0.25) is 14.6 Å². The summed E-state index contributed by atoms with van der Waals surface area (Å²) in [7, 11) is 0. The SMILES string of the molecule is CCCC1N(C(=O)c2ncccc2C(F)(F)F)CCCC1(Oc1csc(C(F)(F)F)c1)C(=O)N1CCC(O)(c2ccccc2CCCO)CC1. The number of aromatic nitrogens is 1. The lowest BCUT2D eigenvalue weighted by molar-refractivity contribution is -0.163. The highest BCUT2D eigenvalue weighted by Crippen LogP contribution is 2.44. The molecule has 2 fully saturated rings. The highest BCUT2D eigenvalue weighted by molar-refractivity contribution is 7.10. The van der Waals surface area contributed by atoms with Gasteiger partial charge in [0.2, 0.25) is 5.60 Å². The minimum Gasteiger partial charge on any atom is -0.474 e. The molecule has 2 aliphatic heterocycles. The highest BCUT2D eigenvalue weighted by Gasteiger charge is 2.56. The fourth-order valence-corrected chi connectivity index (χ4v) is 7.83. The molecule has 2 amide bonds. The lowest BCUT2D eigenvalue weighted by Gasteiger charge is -2.51. The molecular weight excluding hydrogens is 688 g/mol. The molecule has 4 heterocycles. The summed E-state index contributed by atoms with van der Waals surface area (Å²) in [4.78, 5) is 34.2. The van der Waals surface area contributed by atoms with Crippen molar-refractivity contribution in [3.63, 3.8) is 0 Å². The second-order valence-electron chi connectivity index (χ2n) is 12.7. The van der Waals surface area contributed by atoms with Crippen LogP contribution in [-0.4, -0.2) is 74.7 Å². The molecule has 0 bridgehead atoms. The number of benzene rings is 1. The maximum absolute atomic E-state index is 14.8. The number of nitrogens with zero attached hydrogens (tertiary/aromatic N) is 3. The Kier molecular flexibility index (Phi) is 11.2. The monoisotopic (exact) mass is 727 g/mol. The van der Waals surface area contributed by atoms with Crippen molar-refractivity contribution in [2.24, 2.45) is 0 Å². The number of likely N-dealkylation sites (tertiary alicyclic amines) is 2. The molecule has 50 heavy (non-hydrogen) atoms. The molecule has 5 rings (SSSR count). The summed E-state index contributed by atoms with van der Waals surface area (Å²) in [6, 6.07) is 8.73. The van der Waals surface area contributed by atoms with Gasteiger partial charge in [-0.25, -0.2) is 0 Å². The van der Waals surface area contributed by atoms with E-state index in [1.807, 2.05) is 12.1 Å². The summed E-state index contributed by atoms with van der Waals surface area (Å²) in [5, 5.41) is 22.3. The first-order valence-corrected chi connectivity index (χ1v) is 17.4. The molecule has 2 saturated heterocycles. The van der Waals surface area contributed by atoms with Gasteiger partial charge < -0.3 is 24.7 Å². The standard InChI is InChI=1S/C35H39F6N3O5S/c1-2-8-27-33(49-24-21-28(50-22-24)35(39,40)41,13-7-17-44(27)30(46)29-26(34(36,37)38)12-5-16-42-29)31(47)43-18-14-32(48,15-19-43)25-11-4-3-9-23(25)10-6-20-45/h3-5,9,11-12,16,21-22,27,45,48H,2,6-8,10,13-15,17-20H2,1H3. The summed E-state index contributed by atoms with van der Waals surface area (Å²) in [6.45, 7) is 1.78. The quantitative estimate of drug-likeness (QED) is 0.222. The van der Waals surface area contributed by atoms with E-state index in [1.165, 1.54) is 4.90 Å². The van der Waals surface area contributed by atoms with Gasteiger partial charge in [0.1, 0.15) is 16.3 Å². The number of rotatable bonds is 10. The minimum absolute atomic E-state index is 0.0173. The lowest BCUT2D eigenvalue weighted by atomic mass is 9.78. The second kappa shape index (κ2) is 14.9. The molecule has 0 saturated carbocycles.